The molecule has 1 aliphatic rings. The van der Waals surface area contributed by atoms with Crippen molar-refractivity contribution in [3.8, 4) is 11.5 Å². The summed E-state index contributed by atoms with van der Waals surface area (Å²) in [5.41, 5.74) is 1.15. The highest BCUT2D eigenvalue weighted by atomic mass is 35.5. The molecule has 0 saturated heterocycles. The lowest BCUT2D eigenvalue weighted by Crippen LogP contribution is -2.21. The minimum Gasteiger partial charge on any atom is -0.493 e. The highest BCUT2D eigenvalue weighted by Crippen LogP contribution is 2.36. The molecule has 0 atom stereocenters. The summed E-state index contributed by atoms with van der Waals surface area (Å²) < 4.78 is 10.3. The van der Waals surface area contributed by atoms with Crippen LogP contribution < -0.4 is 14.5 Å². The highest BCUT2D eigenvalue weighted by Gasteiger charge is 2.30. The lowest BCUT2D eigenvalue weighted by molar-refractivity contribution is -0.385. The van der Waals surface area contributed by atoms with Crippen molar-refractivity contribution in [3.63, 3.8) is 0 Å². The summed E-state index contributed by atoms with van der Waals surface area (Å²) in [6.45, 7) is 1.65. The number of methoxy groups -OCH3 is 2. The second kappa shape index (κ2) is 7.69. The van der Waals surface area contributed by atoms with Crippen LogP contribution in [0.1, 0.15) is 12.5 Å². The molecule has 0 saturated carbocycles. The molecule has 2 aromatic carbocycles. The Morgan fingerprint density at radius 2 is 1.86 bits per heavy atom. The van der Waals surface area contributed by atoms with Gasteiger partial charge >= 0.3 is 0 Å². The Bertz CT molecular complexity index is 1030. The molecule has 8 nitrogen and oxygen atoms in total. The van der Waals surface area contributed by atoms with E-state index in [1.54, 1.807) is 31.2 Å². The summed E-state index contributed by atoms with van der Waals surface area (Å²) in [6.07, 6.45) is 1.42. The van der Waals surface area contributed by atoms with E-state index in [4.69, 9.17) is 21.1 Å². The number of nitro benzene ring substituents is 1. The van der Waals surface area contributed by atoms with Crippen LogP contribution in [-0.4, -0.2) is 30.8 Å². The quantitative estimate of drug-likeness (QED) is 0.427. The van der Waals surface area contributed by atoms with Gasteiger partial charge in [-0.2, -0.15) is 10.1 Å². The van der Waals surface area contributed by atoms with Gasteiger partial charge in [0.2, 0.25) is 0 Å². The Balaban J connectivity index is 2.08. The van der Waals surface area contributed by atoms with Crippen LogP contribution >= 0.6 is 11.6 Å². The SMILES string of the molecule is COc1cc(C=C2C(=O)N(c3cccc(Cl)c3)N=C2C)c([N+](=O)[O-])cc1OC. The van der Waals surface area contributed by atoms with E-state index in [0.29, 0.717) is 22.2 Å². The van der Waals surface area contributed by atoms with Crippen LogP contribution in [0.2, 0.25) is 5.02 Å². The van der Waals surface area contributed by atoms with Crippen molar-refractivity contribution in [1.29, 1.82) is 0 Å². The standard InChI is InChI=1S/C19H16ClN3O5/c1-11-15(19(24)22(21-11)14-6-4-5-13(20)9-14)7-12-8-17(27-2)18(28-3)10-16(12)23(25)26/h4-10H,1-3H3. The molecule has 0 fully saturated rings. The first-order valence-corrected chi connectivity index (χ1v) is 8.51. The molecular formula is C19H16ClN3O5. The first kappa shape index (κ1) is 19.4. The van der Waals surface area contributed by atoms with Gasteiger partial charge in [-0.05, 0) is 37.3 Å². The zero-order valence-corrected chi connectivity index (χ0v) is 16.1. The summed E-state index contributed by atoms with van der Waals surface area (Å²) in [6, 6.07) is 9.40. The summed E-state index contributed by atoms with van der Waals surface area (Å²) >= 11 is 5.99. The van der Waals surface area contributed by atoms with Gasteiger partial charge in [0.05, 0.1) is 47.7 Å². The topological polar surface area (TPSA) is 94.3 Å². The number of nitro groups is 1. The predicted molar refractivity (Wildman–Crippen MR) is 106 cm³/mol. The van der Waals surface area contributed by atoms with Gasteiger partial charge < -0.3 is 9.47 Å². The average Bonchev–Trinajstić information content (AvgIpc) is 2.95. The number of hydrazone groups is 1. The first-order chi connectivity index (χ1) is 13.3. The van der Waals surface area contributed by atoms with Gasteiger partial charge in [-0.25, -0.2) is 0 Å². The lowest BCUT2D eigenvalue weighted by Gasteiger charge is -2.12. The fraction of sp³-hybridized carbons (Fsp3) is 0.158. The van der Waals surface area contributed by atoms with E-state index in [2.05, 4.69) is 5.10 Å². The Morgan fingerprint density at radius 3 is 2.46 bits per heavy atom. The van der Waals surface area contributed by atoms with Crippen molar-refractivity contribution in [2.75, 3.05) is 19.2 Å². The Morgan fingerprint density at radius 1 is 1.18 bits per heavy atom. The second-order valence-corrected chi connectivity index (χ2v) is 6.30. The summed E-state index contributed by atoms with van der Waals surface area (Å²) in [7, 11) is 2.81. The van der Waals surface area contributed by atoms with Gasteiger partial charge in [0.1, 0.15) is 0 Å². The Kier molecular flexibility index (Phi) is 5.32. The van der Waals surface area contributed by atoms with Crippen molar-refractivity contribution in [1.82, 2.24) is 0 Å². The minimum atomic E-state index is -0.547. The van der Waals surface area contributed by atoms with Crippen molar-refractivity contribution in [3.05, 3.63) is 62.7 Å². The molecule has 28 heavy (non-hydrogen) atoms. The fourth-order valence-corrected chi connectivity index (χ4v) is 2.96. The predicted octanol–water partition coefficient (Wildman–Crippen LogP) is 4.07. The maximum Gasteiger partial charge on any atom is 0.280 e. The van der Waals surface area contributed by atoms with Gasteiger partial charge in [0.15, 0.2) is 11.5 Å². The number of nitrogens with zero attached hydrogens (tertiary/aromatic N) is 3. The zero-order valence-electron chi connectivity index (χ0n) is 15.3. The van der Waals surface area contributed by atoms with Crippen LogP contribution in [0, 0.1) is 10.1 Å². The summed E-state index contributed by atoms with van der Waals surface area (Å²) in [5, 5.41) is 17.4. The number of hydrogen-bond donors (Lipinski definition) is 0. The van der Waals surface area contributed by atoms with Crippen LogP contribution in [0.5, 0.6) is 11.5 Å². The van der Waals surface area contributed by atoms with Gasteiger partial charge in [0.25, 0.3) is 11.6 Å². The molecule has 1 amide bonds. The number of rotatable bonds is 5. The highest BCUT2D eigenvalue weighted by molar-refractivity contribution is 6.33. The molecular weight excluding hydrogens is 386 g/mol. The van der Waals surface area contributed by atoms with Gasteiger partial charge in [-0.1, -0.05) is 17.7 Å². The van der Waals surface area contributed by atoms with Crippen LogP contribution in [0.15, 0.2) is 47.1 Å². The number of carbonyl (C=O) groups is 1. The van der Waals surface area contributed by atoms with Crippen LogP contribution in [0.3, 0.4) is 0 Å². The fourth-order valence-electron chi connectivity index (χ4n) is 2.78. The lowest BCUT2D eigenvalue weighted by atomic mass is 10.0. The largest absolute Gasteiger partial charge is 0.493 e. The smallest absolute Gasteiger partial charge is 0.280 e. The average molecular weight is 402 g/mol. The van der Waals surface area contributed by atoms with Gasteiger partial charge in [-0.15, -0.1) is 0 Å². The molecule has 0 bridgehead atoms. The van der Waals surface area contributed by atoms with Crippen LogP contribution in [0.4, 0.5) is 11.4 Å². The number of anilines is 1. The van der Waals surface area contributed by atoms with E-state index >= 15 is 0 Å². The van der Waals surface area contributed by atoms with Crippen molar-refractivity contribution in [2.45, 2.75) is 6.92 Å². The van der Waals surface area contributed by atoms with E-state index in [0.717, 1.165) is 0 Å². The van der Waals surface area contributed by atoms with E-state index in [9.17, 15) is 14.9 Å². The number of halogens is 1. The molecule has 0 unspecified atom stereocenters. The summed E-state index contributed by atoms with van der Waals surface area (Å²) in [5.74, 6) is 0.121. The molecule has 0 spiro atoms. The first-order valence-electron chi connectivity index (χ1n) is 8.13. The third kappa shape index (κ3) is 3.54. The van der Waals surface area contributed by atoms with Crippen LogP contribution in [0.25, 0.3) is 6.08 Å². The number of hydrogen-bond acceptors (Lipinski definition) is 6. The third-order valence-electron chi connectivity index (χ3n) is 4.14. The normalized spacial score (nSPS) is 15.0. The molecule has 0 aliphatic carbocycles. The maximum atomic E-state index is 12.9. The maximum absolute atomic E-state index is 12.9. The molecule has 2 aromatic rings. The molecule has 144 valence electrons. The van der Waals surface area contributed by atoms with Gasteiger partial charge in [-0.3, -0.25) is 14.9 Å². The zero-order chi connectivity index (χ0) is 20.4. The molecule has 0 radical (unpaired) electrons. The van der Waals surface area contributed by atoms with Crippen LogP contribution in [-0.2, 0) is 4.79 Å². The number of ether oxygens (including phenoxy) is 2. The van der Waals surface area contributed by atoms with E-state index < -0.39 is 10.8 Å². The Hall–Kier alpha value is -3.39. The van der Waals surface area contributed by atoms with Gasteiger partial charge in [0, 0.05) is 5.02 Å². The van der Waals surface area contributed by atoms with E-state index in [1.165, 1.54) is 37.4 Å². The van der Waals surface area contributed by atoms with Crippen molar-refractivity contribution in [2.24, 2.45) is 5.10 Å². The van der Waals surface area contributed by atoms with Crippen molar-refractivity contribution < 1.29 is 19.2 Å². The molecule has 1 aliphatic heterocycles. The molecule has 3 rings (SSSR count). The van der Waals surface area contributed by atoms with E-state index in [-0.39, 0.29) is 22.6 Å². The monoisotopic (exact) mass is 401 g/mol. The summed E-state index contributed by atoms with van der Waals surface area (Å²) in [4.78, 5) is 23.8. The number of benzene rings is 2. The number of amides is 1. The molecule has 0 N–H and O–H groups in total. The third-order valence-corrected chi connectivity index (χ3v) is 4.38. The van der Waals surface area contributed by atoms with E-state index in [1.807, 2.05) is 0 Å². The number of carbonyl (C=O) groups excluding carboxylic acids is 1. The molecule has 9 heteroatoms. The molecule has 1 heterocycles. The Labute approximate surface area is 165 Å². The second-order valence-electron chi connectivity index (χ2n) is 5.86. The minimum absolute atomic E-state index is 0.202. The molecule has 0 aromatic heterocycles. The van der Waals surface area contributed by atoms with Crippen molar-refractivity contribution >= 4 is 40.7 Å².